The van der Waals surface area contributed by atoms with Crippen molar-refractivity contribution >= 4 is 11.6 Å². The van der Waals surface area contributed by atoms with Crippen LogP contribution in [-0.4, -0.2) is 0 Å². The molecular formula is C20H17Cl. The van der Waals surface area contributed by atoms with E-state index in [-0.39, 0.29) is 0 Å². The summed E-state index contributed by atoms with van der Waals surface area (Å²) in [4.78, 5) is 0. The highest BCUT2D eigenvalue weighted by molar-refractivity contribution is 6.32. The molecule has 3 aromatic carbocycles. The number of hydrogen-bond acceptors (Lipinski definition) is 0. The van der Waals surface area contributed by atoms with Crippen LogP contribution < -0.4 is 0 Å². The third-order valence-corrected chi connectivity index (χ3v) is 4.12. The lowest BCUT2D eigenvalue weighted by Crippen LogP contribution is -1.95. The average molecular weight is 293 g/mol. The van der Waals surface area contributed by atoms with Crippen LogP contribution in [0.2, 0.25) is 5.02 Å². The fraction of sp³-hybridized carbons (Fsp3) is 0.100. The molecule has 0 saturated carbocycles. The van der Waals surface area contributed by atoms with Crippen LogP contribution in [0.25, 0.3) is 0 Å². The lowest BCUT2D eigenvalue weighted by atomic mass is 9.99. The summed E-state index contributed by atoms with van der Waals surface area (Å²) in [7, 11) is 0. The summed E-state index contributed by atoms with van der Waals surface area (Å²) in [5.41, 5.74) is 4.96. The molecule has 0 unspecified atom stereocenters. The number of hydrogen-bond donors (Lipinski definition) is 0. The molecule has 0 atom stereocenters. The zero-order chi connectivity index (χ0) is 14.5. The van der Waals surface area contributed by atoms with Crippen molar-refractivity contribution in [2.24, 2.45) is 0 Å². The molecule has 104 valence electrons. The van der Waals surface area contributed by atoms with Gasteiger partial charge in [-0.05, 0) is 35.1 Å². The molecule has 0 nitrogen and oxygen atoms in total. The first-order chi connectivity index (χ1) is 10.3. The summed E-state index contributed by atoms with van der Waals surface area (Å²) in [5.74, 6) is 0. The van der Waals surface area contributed by atoms with E-state index in [0.717, 1.165) is 17.9 Å². The van der Waals surface area contributed by atoms with Gasteiger partial charge in [-0.1, -0.05) is 90.5 Å². The summed E-state index contributed by atoms with van der Waals surface area (Å²) in [6.07, 6.45) is 1.75. The van der Waals surface area contributed by atoms with Crippen molar-refractivity contribution in [3.8, 4) is 0 Å². The molecule has 21 heavy (non-hydrogen) atoms. The summed E-state index contributed by atoms with van der Waals surface area (Å²) >= 11 is 6.61. The molecule has 0 bridgehead atoms. The van der Waals surface area contributed by atoms with E-state index in [2.05, 4.69) is 66.7 Å². The Kier molecular flexibility index (Phi) is 4.37. The Labute approximate surface area is 131 Å². The van der Waals surface area contributed by atoms with Gasteiger partial charge >= 0.3 is 0 Å². The van der Waals surface area contributed by atoms with E-state index in [1.807, 2.05) is 12.1 Å². The Balaban J connectivity index is 1.85. The highest BCUT2D eigenvalue weighted by atomic mass is 35.5. The molecule has 3 rings (SSSR count). The standard InChI is InChI=1S/C20H17Cl/c21-20-18(14-16-8-3-1-4-9-16)12-7-13-19(20)15-17-10-5-2-6-11-17/h1-13H,14-15H2. The minimum Gasteiger partial charge on any atom is -0.0837 e. The summed E-state index contributed by atoms with van der Waals surface area (Å²) in [6.45, 7) is 0. The first kappa shape index (κ1) is 13.9. The molecule has 1 heteroatoms. The zero-order valence-corrected chi connectivity index (χ0v) is 12.6. The van der Waals surface area contributed by atoms with Crippen LogP contribution >= 0.6 is 11.6 Å². The predicted octanol–water partition coefficient (Wildman–Crippen LogP) is 5.52. The second-order valence-electron chi connectivity index (χ2n) is 5.21. The van der Waals surface area contributed by atoms with Gasteiger partial charge in [0, 0.05) is 5.02 Å². The van der Waals surface area contributed by atoms with Crippen LogP contribution in [0.3, 0.4) is 0 Å². The minimum absolute atomic E-state index is 0.877. The van der Waals surface area contributed by atoms with E-state index < -0.39 is 0 Å². The molecule has 3 aromatic rings. The predicted molar refractivity (Wildman–Crippen MR) is 89.9 cm³/mol. The second-order valence-corrected chi connectivity index (χ2v) is 5.59. The fourth-order valence-corrected chi connectivity index (χ4v) is 2.80. The fourth-order valence-electron chi connectivity index (χ4n) is 2.54. The van der Waals surface area contributed by atoms with E-state index in [4.69, 9.17) is 11.6 Å². The first-order valence-corrected chi connectivity index (χ1v) is 7.55. The quantitative estimate of drug-likeness (QED) is 0.594. The summed E-state index contributed by atoms with van der Waals surface area (Å²) < 4.78 is 0. The lowest BCUT2D eigenvalue weighted by molar-refractivity contribution is 1.14. The van der Waals surface area contributed by atoms with Crippen molar-refractivity contribution < 1.29 is 0 Å². The van der Waals surface area contributed by atoms with Crippen molar-refractivity contribution in [1.82, 2.24) is 0 Å². The van der Waals surface area contributed by atoms with E-state index in [1.165, 1.54) is 22.3 Å². The van der Waals surface area contributed by atoms with Crippen LogP contribution in [0.15, 0.2) is 78.9 Å². The monoisotopic (exact) mass is 292 g/mol. The number of rotatable bonds is 4. The third kappa shape index (κ3) is 3.53. The molecule has 0 aliphatic carbocycles. The Morgan fingerprint density at radius 2 is 0.952 bits per heavy atom. The zero-order valence-electron chi connectivity index (χ0n) is 11.8. The van der Waals surface area contributed by atoms with Gasteiger partial charge in [-0.2, -0.15) is 0 Å². The molecule has 0 spiro atoms. The van der Waals surface area contributed by atoms with Gasteiger partial charge in [-0.25, -0.2) is 0 Å². The average Bonchev–Trinajstić information content (AvgIpc) is 2.53. The molecule has 0 heterocycles. The van der Waals surface area contributed by atoms with Gasteiger partial charge in [-0.3, -0.25) is 0 Å². The van der Waals surface area contributed by atoms with Crippen molar-refractivity contribution in [3.05, 3.63) is 106 Å². The molecule has 0 radical (unpaired) electrons. The second kappa shape index (κ2) is 6.60. The third-order valence-electron chi connectivity index (χ3n) is 3.63. The van der Waals surface area contributed by atoms with Crippen molar-refractivity contribution in [1.29, 1.82) is 0 Å². The van der Waals surface area contributed by atoms with E-state index in [0.29, 0.717) is 0 Å². The highest BCUT2D eigenvalue weighted by Crippen LogP contribution is 2.25. The van der Waals surface area contributed by atoms with Gasteiger partial charge in [0.1, 0.15) is 0 Å². The molecule has 0 amide bonds. The van der Waals surface area contributed by atoms with Crippen LogP contribution in [0, 0.1) is 0 Å². The molecule has 0 saturated heterocycles. The maximum absolute atomic E-state index is 6.61. The molecular weight excluding hydrogens is 276 g/mol. The van der Waals surface area contributed by atoms with Gasteiger partial charge in [0.25, 0.3) is 0 Å². The minimum atomic E-state index is 0.877. The Bertz CT molecular complexity index is 643. The molecule has 0 N–H and O–H groups in total. The summed E-state index contributed by atoms with van der Waals surface area (Å²) in [5, 5.41) is 0.894. The molecule has 0 aliphatic heterocycles. The Morgan fingerprint density at radius 1 is 0.524 bits per heavy atom. The summed E-state index contributed by atoms with van der Waals surface area (Å²) in [6, 6.07) is 27.2. The van der Waals surface area contributed by atoms with Crippen LogP contribution in [0.5, 0.6) is 0 Å². The van der Waals surface area contributed by atoms with Gasteiger partial charge in [0.05, 0.1) is 0 Å². The normalized spacial score (nSPS) is 10.5. The largest absolute Gasteiger partial charge is 0.0837 e. The Hall–Kier alpha value is -2.05. The first-order valence-electron chi connectivity index (χ1n) is 7.17. The maximum atomic E-state index is 6.61. The Morgan fingerprint density at radius 3 is 1.38 bits per heavy atom. The van der Waals surface area contributed by atoms with E-state index >= 15 is 0 Å². The molecule has 0 aliphatic rings. The van der Waals surface area contributed by atoms with Gasteiger partial charge in [-0.15, -0.1) is 0 Å². The maximum Gasteiger partial charge on any atom is 0.0476 e. The number of halogens is 1. The highest BCUT2D eigenvalue weighted by Gasteiger charge is 2.07. The van der Waals surface area contributed by atoms with Crippen LogP contribution in [-0.2, 0) is 12.8 Å². The SMILES string of the molecule is Clc1c(Cc2ccccc2)cccc1Cc1ccccc1. The van der Waals surface area contributed by atoms with Crippen molar-refractivity contribution in [3.63, 3.8) is 0 Å². The van der Waals surface area contributed by atoms with Crippen LogP contribution in [0.1, 0.15) is 22.3 Å². The van der Waals surface area contributed by atoms with Crippen molar-refractivity contribution in [2.45, 2.75) is 12.8 Å². The van der Waals surface area contributed by atoms with Gasteiger partial charge < -0.3 is 0 Å². The van der Waals surface area contributed by atoms with Gasteiger partial charge in [0.2, 0.25) is 0 Å². The smallest absolute Gasteiger partial charge is 0.0476 e. The molecule has 0 aromatic heterocycles. The van der Waals surface area contributed by atoms with Crippen molar-refractivity contribution in [2.75, 3.05) is 0 Å². The van der Waals surface area contributed by atoms with E-state index in [1.54, 1.807) is 0 Å². The van der Waals surface area contributed by atoms with E-state index in [9.17, 15) is 0 Å². The number of benzene rings is 3. The van der Waals surface area contributed by atoms with Crippen LogP contribution in [0.4, 0.5) is 0 Å². The van der Waals surface area contributed by atoms with Gasteiger partial charge in [0.15, 0.2) is 0 Å². The topological polar surface area (TPSA) is 0 Å². The lowest BCUT2D eigenvalue weighted by Gasteiger charge is -2.10. The molecule has 0 fully saturated rings.